The number of aromatic nitrogens is 1. The van der Waals surface area contributed by atoms with Crippen LogP contribution in [0.4, 0.5) is 5.69 Å². The monoisotopic (exact) mass is 617 g/mol. The van der Waals surface area contributed by atoms with Crippen molar-refractivity contribution in [2.75, 3.05) is 12.4 Å². The third kappa shape index (κ3) is 7.39. The molecule has 2 fully saturated rings. The summed E-state index contributed by atoms with van der Waals surface area (Å²) in [5.41, 5.74) is -0.0266. The molecule has 5 rings (SSSR count). The van der Waals surface area contributed by atoms with Gasteiger partial charge < -0.3 is 29.5 Å². The summed E-state index contributed by atoms with van der Waals surface area (Å²) in [6, 6.07) is 9.51. The maximum atomic E-state index is 13.6. The van der Waals surface area contributed by atoms with Crippen molar-refractivity contribution in [2.45, 2.75) is 83.9 Å². The molecular formula is C35H43N3O7. The lowest BCUT2D eigenvalue weighted by molar-refractivity contribution is -0.134. The molecular weight excluding hydrogens is 574 g/mol. The van der Waals surface area contributed by atoms with Crippen LogP contribution in [0.25, 0.3) is 11.0 Å². The lowest BCUT2D eigenvalue weighted by Crippen LogP contribution is -2.50. The average Bonchev–Trinajstić information content (AvgIpc) is 3.31. The second-order valence-electron chi connectivity index (χ2n) is 13.5. The van der Waals surface area contributed by atoms with Crippen molar-refractivity contribution in [3.05, 3.63) is 76.4 Å². The molecule has 2 amide bonds. The van der Waals surface area contributed by atoms with Gasteiger partial charge in [-0.25, -0.2) is 4.79 Å². The number of fused-ring (bicyclic) bond motifs is 3. The van der Waals surface area contributed by atoms with E-state index >= 15 is 0 Å². The van der Waals surface area contributed by atoms with Crippen LogP contribution >= 0.6 is 0 Å². The number of nitrogens with one attached hydrogen (secondary N) is 2. The van der Waals surface area contributed by atoms with E-state index in [0.29, 0.717) is 35.9 Å². The Morgan fingerprint density at radius 2 is 1.96 bits per heavy atom. The first-order chi connectivity index (χ1) is 21.4. The molecule has 240 valence electrons. The fourth-order valence-corrected chi connectivity index (χ4v) is 7.77. The molecule has 3 aromatic rings. The van der Waals surface area contributed by atoms with E-state index in [0.717, 1.165) is 31.1 Å². The zero-order valence-corrected chi connectivity index (χ0v) is 26.4. The quantitative estimate of drug-likeness (QED) is 0.212. The molecule has 45 heavy (non-hydrogen) atoms. The van der Waals surface area contributed by atoms with Gasteiger partial charge in [-0.1, -0.05) is 38.1 Å². The molecule has 1 aromatic carbocycles. The van der Waals surface area contributed by atoms with Crippen LogP contribution in [0.3, 0.4) is 0 Å². The number of esters is 1. The molecule has 4 unspecified atom stereocenters. The van der Waals surface area contributed by atoms with E-state index in [9.17, 15) is 24.3 Å². The molecule has 0 aliphatic heterocycles. The van der Waals surface area contributed by atoms with Crippen LogP contribution in [0, 0.1) is 24.2 Å². The number of pyridine rings is 1. The number of para-hydroxylation sites is 1. The highest BCUT2D eigenvalue weighted by Crippen LogP contribution is 2.52. The highest BCUT2D eigenvalue weighted by molar-refractivity contribution is 6.03. The first-order valence-corrected chi connectivity index (χ1v) is 15.6. The largest absolute Gasteiger partial charge is 0.466 e. The van der Waals surface area contributed by atoms with Gasteiger partial charge in [0.05, 0.1) is 12.7 Å². The van der Waals surface area contributed by atoms with Crippen molar-refractivity contribution in [3.63, 3.8) is 0 Å². The summed E-state index contributed by atoms with van der Waals surface area (Å²) in [7, 11) is 1.27. The minimum atomic E-state index is -1.04. The molecule has 10 heteroatoms. The summed E-state index contributed by atoms with van der Waals surface area (Å²) in [5, 5.41) is 17.6. The number of allylic oxidation sites excluding steroid dienone is 1. The Balaban J connectivity index is 1.33. The molecule has 2 aliphatic rings. The number of amides is 2. The smallest absolute Gasteiger partial charge is 0.330 e. The Morgan fingerprint density at radius 3 is 2.69 bits per heavy atom. The van der Waals surface area contributed by atoms with Crippen LogP contribution in [-0.4, -0.2) is 46.2 Å². The molecule has 0 radical (unpaired) electrons. The van der Waals surface area contributed by atoms with Gasteiger partial charge in [0, 0.05) is 29.8 Å². The van der Waals surface area contributed by atoms with Gasteiger partial charge >= 0.3 is 5.97 Å². The van der Waals surface area contributed by atoms with E-state index in [-0.39, 0.29) is 35.3 Å². The van der Waals surface area contributed by atoms with Crippen LogP contribution in [0.1, 0.15) is 74.9 Å². The van der Waals surface area contributed by atoms with Gasteiger partial charge in [-0.15, -0.1) is 0 Å². The third-order valence-electron chi connectivity index (χ3n) is 9.25. The van der Waals surface area contributed by atoms with Crippen molar-refractivity contribution in [3.8, 4) is 0 Å². The molecule has 10 nitrogen and oxygen atoms in total. The lowest BCUT2D eigenvalue weighted by atomic mass is 9.57. The molecule has 2 saturated carbocycles. The van der Waals surface area contributed by atoms with E-state index in [4.69, 9.17) is 4.42 Å². The van der Waals surface area contributed by atoms with E-state index in [1.54, 1.807) is 42.0 Å². The van der Waals surface area contributed by atoms with Gasteiger partial charge in [0.2, 0.25) is 5.91 Å². The Bertz CT molecular complexity index is 1670. The average molecular weight is 618 g/mol. The first kappa shape index (κ1) is 32.2. The molecule has 2 aromatic heterocycles. The van der Waals surface area contributed by atoms with Crippen LogP contribution < -0.4 is 16.2 Å². The minimum absolute atomic E-state index is 0.0960. The van der Waals surface area contributed by atoms with Crippen LogP contribution in [0.2, 0.25) is 0 Å². The summed E-state index contributed by atoms with van der Waals surface area (Å²) in [6.45, 7) is 6.53. The predicted octanol–water partition coefficient (Wildman–Crippen LogP) is 5.12. The predicted molar refractivity (Wildman–Crippen MR) is 171 cm³/mol. The fraction of sp³-hybridized carbons (Fsp3) is 0.486. The van der Waals surface area contributed by atoms with Gasteiger partial charge in [-0.2, -0.15) is 0 Å². The fourth-order valence-electron chi connectivity index (χ4n) is 7.77. The zero-order chi connectivity index (χ0) is 32.4. The van der Waals surface area contributed by atoms with Gasteiger partial charge in [0.25, 0.3) is 11.5 Å². The number of anilines is 1. The number of furan rings is 1. The summed E-state index contributed by atoms with van der Waals surface area (Å²) < 4.78 is 12.0. The molecule has 2 heterocycles. The summed E-state index contributed by atoms with van der Waals surface area (Å²) in [6.07, 6.45) is 9.19. The van der Waals surface area contributed by atoms with Crippen molar-refractivity contribution < 1.29 is 28.6 Å². The zero-order valence-electron chi connectivity index (χ0n) is 26.4. The number of aryl methyl sites for hydroxylation is 1. The van der Waals surface area contributed by atoms with E-state index < -0.39 is 29.4 Å². The second kappa shape index (κ2) is 13.0. The summed E-state index contributed by atoms with van der Waals surface area (Å²) >= 11 is 0. The highest BCUT2D eigenvalue weighted by Gasteiger charge is 2.49. The number of hydrogen-bond donors (Lipinski definition) is 3. The maximum absolute atomic E-state index is 13.6. The van der Waals surface area contributed by atoms with E-state index in [1.165, 1.54) is 13.2 Å². The number of aliphatic hydroxyl groups is 1. The van der Waals surface area contributed by atoms with E-state index in [1.807, 2.05) is 18.2 Å². The molecule has 2 aliphatic carbocycles. The summed E-state index contributed by atoms with van der Waals surface area (Å²) in [4.78, 5) is 52.0. The van der Waals surface area contributed by atoms with Gasteiger partial charge in [-0.05, 0) is 87.3 Å². The number of benzene rings is 1. The lowest BCUT2D eigenvalue weighted by Gasteiger charge is -2.52. The van der Waals surface area contributed by atoms with E-state index in [2.05, 4.69) is 29.2 Å². The highest BCUT2D eigenvalue weighted by atomic mass is 16.5. The molecule has 5 atom stereocenters. The standard InChI is InChI=1S/C35H43N3O7/c1-22-16-24-18-34(3,20-35(43,17-22)19-24)21-38-15-9-12-27(33(38)42)37-31(40)26(11-6-8-14-29(39)44-4)36-32(41)30-23(2)25-10-5-7-13-28(25)45-30/h5,7-10,12-15,22,24,26,43H,6,11,16-21H2,1-4H3,(H,36,41)(H,37,40)/b14-8+/t22?,24?,26-,34?,35?/m0/s1. The van der Waals surface area contributed by atoms with Crippen molar-refractivity contribution in [1.82, 2.24) is 9.88 Å². The molecule has 0 spiro atoms. The Labute approximate surface area is 262 Å². The van der Waals surface area contributed by atoms with Crippen molar-refractivity contribution in [2.24, 2.45) is 17.3 Å². The minimum Gasteiger partial charge on any atom is -0.466 e. The Morgan fingerprint density at radius 1 is 1.18 bits per heavy atom. The number of ether oxygens (including phenoxy) is 1. The molecule has 3 N–H and O–H groups in total. The number of hydrogen-bond acceptors (Lipinski definition) is 7. The third-order valence-corrected chi connectivity index (χ3v) is 9.25. The summed E-state index contributed by atoms with van der Waals surface area (Å²) in [5.74, 6) is -0.652. The maximum Gasteiger partial charge on any atom is 0.330 e. The van der Waals surface area contributed by atoms with Crippen LogP contribution in [-0.2, 0) is 20.9 Å². The molecule has 2 bridgehead atoms. The second-order valence-corrected chi connectivity index (χ2v) is 13.5. The number of rotatable bonds is 10. The normalized spacial score (nSPS) is 25.2. The molecule has 0 saturated heterocycles. The van der Waals surface area contributed by atoms with Gasteiger partial charge in [0.15, 0.2) is 5.76 Å². The number of nitrogens with zero attached hydrogens (tertiary/aromatic N) is 1. The van der Waals surface area contributed by atoms with Crippen molar-refractivity contribution >= 4 is 34.4 Å². The Kier molecular flexibility index (Phi) is 9.34. The topological polar surface area (TPSA) is 140 Å². The number of methoxy groups -OCH3 is 1. The number of carbonyl (C=O) groups excluding carboxylic acids is 3. The van der Waals surface area contributed by atoms with Crippen LogP contribution in [0.15, 0.2) is 64.0 Å². The number of carbonyl (C=O) groups is 3. The van der Waals surface area contributed by atoms with Crippen molar-refractivity contribution in [1.29, 1.82) is 0 Å². The van der Waals surface area contributed by atoms with Gasteiger partial charge in [-0.3, -0.25) is 14.4 Å². The SMILES string of the molecule is COC(=O)/C=C/CC[C@H](NC(=O)c1oc2ccccc2c1C)C(=O)Nc1cccn(CC2(C)CC3CC(C)CC(O)(C3)C2)c1=O. The van der Waals surface area contributed by atoms with Crippen LogP contribution in [0.5, 0.6) is 0 Å². The first-order valence-electron chi connectivity index (χ1n) is 15.6. The van der Waals surface area contributed by atoms with Gasteiger partial charge in [0.1, 0.15) is 17.3 Å². The Hall–Kier alpha value is -4.18.